The molecule has 0 aliphatic rings. The average molecular weight is 343 g/mol. The summed E-state index contributed by atoms with van der Waals surface area (Å²) in [7, 11) is 0. The topological polar surface area (TPSA) is 35.4 Å². The van der Waals surface area contributed by atoms with E-state index in [0.29, 0.717) is 6.42 Å². The van der Waals surface area contributed by atoms with Crippen LogP contribution in [0.2, 0.25) is 5.02 Å². The zero-order valence-electron chi connectivity index (χ0n) is 9.29. The molecule has 0 N–H and O–H groups in total. The first-order chi connectivity index (χ1) is 7.30. The van der Waals surface area contributed by atoms with Crippen LogP contribution in [-0.2, 0) is 17.8 Å². The summed E-state index contributed by atoms with van der Waals surface area (Å²) < 4.78 is 16.3. The number of thiophene rings is 1. The van der Waals surface area contributed by atoms with Crippen molar-refractivity contribution in [1.82, 2.24) is 0 Å². The molecule has 16 heavy (non-hydrogen) atoms. The number of hydrogen-bond acceptors (Lipinski definition) is 3. The van der Waals surface area contributed by atoms with Crippen LogP contribution in [0.4, 0.5) is 0 Å². The summed E-state index contributed by atoms with van der Waals surface area (Å²) in [6, 6.07) is 1.86. The Labute approximate surface area is 117 Å². The molecule has 0 aliphatic heterocycles. The highest BCUT2D eigenvalue weighted by Crippen LogP contribution is 2.30. The molecule has 2 nitrogen and oxygen atoms in total. The van der Waals surface area contributed by atoms with E-state index < -0.39 is 11.4 Å². The van der Waals surface area contributed by atoms with Gasteiger partial charge in [0.1, 0.15) is 16.1 Å². The quantitative estimate of drug-likeness (QED) is 0.598. The molecule has 6 heteroatoms. The minimum Gasteiger partial charge on any atom is -0.591 e. The fourth-order valence-corrected chi connectivity index (χ4v) is 3.43. The largest absolute Gasteiger partial charge is 0.591 e. The first-order valence-electron chi connectivity index (χ1n) is 4.69. The molecular formula is C10H13BrClNOS2. The molecule has 1 heterocycles. The van der Waals surface area contributed by atoms with Gasteiger partial charge < -0.3 is 4.55 Å². The fourth-order valence-electron chi connectivity index (χ4n) is 0.861. The fraction of sp³-hybridized carbons (Fsp3) is 0.500. The van der Waals surface area contributed by atoms with Gasteiger partial charge in [0, 0.05) is 11.3 Å². The Balaban J connectivity index is 2.58. The van der Waals surface area contributed by atoms with Crippen LogP contribution in [0.15, 0.2) is 14.3 Å². The normalized spacial score (nSPS) is 14.6. The Morgan fingerprint density at radius 3 is 2.69 bits per heavy atom. The van der Waals surface area contributed by atoms with E-state index in [-0.39, 0.29) is 4.75 Å². The lowest BCUT2D eigenvalue weighted by atomic mass is 10.3. The third-order valence-electron chi connectivity index (χ3n) is 1.70. The van der Waals surface area contributed by atoms with Crippen LogP contribution < -0.4 is 0 Å². The highest BCUT2D eigenvalue weighted by Gasteiger charge is 2.25. The molecule has 0 fully saturated rings. The molecule has 1 atom stereocenters. The number of hydrogen-bond donors (Lipinski definition) is 0. The molecule has 0 aliphatic carbocycles. The molecule has 1 aromatic rings. The van der Waals surface area contributed by atoms with Crippen molar-refractivity contribution in [3.05, 3.63) is 19.8 Å². The molecule has 0 saturated carbocycles. The summed E-state index contributed by atoms with van der Waals surface area (Å²) in [6.07, 6.45) is 2.29. The third kappa shape index (κ3) is 4.37. The Morgan fingerprint density at radius 2 is 2.25 bits per heavy atom. The van der Waals surface area contributed by atoms with Crippen LogP contribution in [0, 0.1) is 0 Å². The van der Waals surface area contributed by atoms with E-state index in [9.17, 15) is 4.55 Å². The average Bonchev–Trinajstić information content (AvgIpc) is 2.43. The van der Waals surface area contributed by atoms with Gasteiger partial charge >= 0.3 is 0 Å². The smallest absolute Gasteiger partial charge is 0.144 e. The standard InChI is InChI=1S/C10H13BrClNOS2/c1-10(2,3)16(14)13-5-4-8-7(12)6-9(11)15-8/h5-6H,4H2,1-3H3/b13-5+. The maximum atomic E-state index is 11.6. The Kier molecular flexibility index (Phi) is 5.32. The van der Waals surface area contributed by atoms with Crippen molar-refractivity contribution < 1.29 is 4.55 Å². The number of halogens is 2. The van der Waals surface area contributed by atoms with Crippen molar-refractivity contribution in [3.8, 4) is 0 Å². The molecule has 0 radical (unpaired) electrons. The highest BCUT2D eigenvalue weighted by atomic mass is 79.9. The summed E-state index contributed by atoms with van der Waals surface area (Å²) in [5.41, 5.74) is 0. The molecule has 0 amide bonds. The number of nitrogens with zero attached hydrogens (tertiary/aromatic N) is 1. The Hall–Kier alpha value is 0.450. The molecule has 0 spiro atoms. The summed E-state index contributed by atoms with van der Waals surface area (Å²) in [5, 5.41) is 0.727. The Morgan fingerprint density at radius 1 is 1.62 bits per heavy atom. The van der Waals surface area contributed by atoms with Crippen molar-refractivity contribution >= 4 is 56.4 Å². The van der Waals surface area contributed by atoms with E-state index in [1.807, 2.05) is 26.8 Å². The lowest BCUT2D eigenvalue weighted by molar-refractivity contribution is 0.561. The second kappa shape index (κ2) is 5.87. The van der Waals surface area contributed by atoms with Crippen molar-refractivity contribution in [2.75, 3.05) is 0 Å². The van der Waals surface area contributed by atoms with Gasteiger partial charge in [0.2, 0.25) is 0 Å². The lowest BCUT2D eigenvalue weighted by Gasteiger charge is -2.17. The second-order valence-electron chi connectivity index (χ2n) is 4.18. The van der Waals surface area contributed by atoms with Crippen LogP contribution in [0.3, 0.4) is 0 Å². The highest BCUT2D eigenvalue weighted by molar-refractivity contribution is 9.11. The molecule has 0 aromatic carbocycles. The minimum atomic E-state index is -1.19. The van der Waals surface area contributed by atoms with Gasteiger partial charge in [-0.2, -0.15) is 0 Å². The first kappa shape index (κ1) is 14.5. The van der Waals surface area contributed by atoms with E-state index in [1.165, 1.54) is 0 Å². The molecule has 1 rings (SSSR count). The van der Waals surface area contributed by atoms with Crippen LogP contribution >= 0.6 is 38.9 Å². The zero-order chi connectivity index (χ0) is 12.3. The van der Waals surface area contributed by atoms with Gasteiger partial charge in [0.25, 0.3) is 0 Å². The molecule has 90 valence electrons. The van der Waals surface area contributed by atoms with E-state index >= 15 is 0 Å². The van der Waals surface area contributed by atoms with Gasteiger partial charge in [-0.1, -0.05) is 16.0 Å². The van der Waals surface area contributed by atoms with E-state index in [0.717, 1.165) is 13.7 Å². The third-order valence-corrected chi connectivity index (χ3v) is 5.20. The molecule has 1 unspecified atom stereocenters. The maximum absolute atomic E-state index is 11.6. The van der Waals surface area contributed by atoms with Crippen molar-refractivity contribution in [2.45, 2.75) is 31.9 Å². The minimum absolute atomic E-state index is 0.309. The van der Waals surface area contributed by atoms with Crippen LogP contribution in [0.25, 0.3) is 0 Å². The van der Waals surface area contributed by atoms with E-state index in [2.05, 4.69) is 20.3 Å². The summed E-state index contributed by atoms with van der Waals surface area (Å²) in [4.78, 5) is 1.03. The van der Waals surface area contributed by atoms with Gasteiger partial charge in [-0.3, -0.25) is 0 Å². The summed E-state index contributed by atoms with van der Waals surface area (Å²) in [6.45, 7) is 5.69. The summed E-state index contributed by atoms with van der Waals surface area (Å²) in [5.74, 6) is 0. The van der Waals surface area contributed by atoms with Gasteiger partial charge in [0.05, 0.1) is 15.0 Å². The van der Waals surface area contributed by atoms with Crippen LogP contribution in [-0.4, -0.2) is 15.5 Å². The molecule has 1 aromatic heterocycles. The van der Waals surface area contributed by atoms with Crippen LogP contribution in [0.5, 0.6) is 0 Å². The van der Waals surface area contributed by atoms with E-state index in [1.54, 1.807) is 17.6 Å². The van der Waals surface area contributed by atoms with Crippen molar-refractivity contribution in [1.29, 1.82) is 0 Å². The lowest BCUT2D eigenvalue weighted by Crippen LogP contribution is -2.25. The van der Waals surface area contributed by atoms with Gasteiger partial charge in [-0.05, 0) is 42.8 Å². The predicted molar refractivity (Wildman–Crippen MR) is 77.1 cm³/mol. The van der Waals surface area contributed by atoms with Gasteiger partial charge in [-0.15, -0.1) is 11.3 Å². The zero-order valence-corrected chi connectivity index (χ0v) is 13.3. The predicted octanol–water partition coefficient (Wildman–Crippen LogP) is 4.24. The summed E-state index contributed by atoms with van der Waals surface area (Å²) >= 11 is 9.73. The SMILES string of the molecule is CC(C)(C)[S+]([O-])/N=C/Cc1sc(Br)cc1Cl. The maximum Gasteiger partial charge on any atom is 0.144 e. The molecule has 0 saturated heterocycles. The Bertz CT molecular complexity index is 387. The van der Waals surface area contributed by atoms with Gasteiger partial charge in [-0.25, -0.2) is 0 Å². The van der Waals surface area contributed by atoms with Crippen molar-refractivity contribution in [2.24, 2.45) is 4.40 Å². The number of rotatable bonds is 3. The molecular weight excluding hydrogens is 330 g/mol. The molecule has 0 bridgehead atoms. The van der Waals surface area contributed by atoms with Crippen molar-refractivity contribution in [3.63, 3.8) is 0 Å². The monoisotopic (exact) mass is 341 g/mol. The van der Waals surface area contributed by atoms with Crippen LogP contribution in [0.1, 0.15) is 25.6 Å². The van der Waals surface area contributed by atoms with Gasteiger partial charge in [0.15, 0.2) is 0 Å². The first-order valence-corrected chi connectivity index (χ1v) is 7.78. The van der Waals surface area contributed by atoms with E-state index in [4.69, 9.17) is 11.6 Å². The second-order valence-corrected chi connectivity index (χ2v) is 9.03.